The lowest BCUT2D eigenvalue weighted by Crippen LogP contribution is -1.93. The van der Waals surface area contributed by atoms with Crippen LogP contribution < -0.4 is 5.43 Å². The molecule has 0 aliphatic heterocycles. The normalized spacial score (nSPS) is 11.0. The summed E-state index contributed by atoms with van der Waals surface area (Å²) in [6, 6.07) is 2.04. The van der Waals surface area contributed by atoms with Gasteiger partial charge in [0.25, 0.3) is 0 Å². The van der Waals surface area contributed by atoms with Gasteiger partial charge in [-0.15, -0.1) is 11.3 Å². The maximum absolute atomic E-state index is 5.94. The molecule has 0 bridgehead atoms. The molecule has 88 valence electrons. The van der Waals surface area contributed by atoms with Crippen molar-refractivity contribution in [1.82, 2.24) is 4.98 Å². The monoisotopic (exact) mass is 285 g/mol. The number of hydrogen-bond acceptors (Lipinski definition) is 4. The largest absolute Gasteiger partial charge is 0.275 e. The third-order valence-corrected chi connectivity index (χ3v) is 3.64. The third kappa shape index (κ3) is 2.97. The molecule has 2 aromatic rings. The van der Waals surface area contributed by atoms with E-state index in [1.54, 1.807) is 17.6 Å². The number of aryl methyl sites for hydroxylation is 1. The smallest absolute Gasteiger partial charge is 0.0965 e. The molecule has 0 aromatic carbocycles. The van der Waals surface area contributed by atoms with Crippen molar-refractivity contribution in [3.05, 3.63) is 44.3 Å². The van der Waals surface area contributed by atoms with Crippen LogP contribution >= 0.6 is 34.5 Å². The van der Waals surface area contributed by atoms with E-state index in [1.807, 2.05) is 18.4 Å². The van der Waals surface area contributed by atoms with Gasteiger partial charge >= 0.3 is 0 Å². The second-order valence-corrected chi connectivity index (χ2v) is 5.08. The van der Waals surface area contributed by atoms with Gasteiger partial charge in [-0.3, -0.25) is 10.4 Å². The molecule has 2 heterocycles. The van der Waals surface area contributed by atoms with Crippen LogP contribution in [0.25, 0.3) is 0 Å². The van der Waals surface area contributed by atoms with Crippen molar-refractivity contribution in [2.75, 3.05) is 5.43 Å². The highest BCUT2D eigenvalue weighted by molar-refractivity contribution is 7.11. The molecule has 1 N–H and O–H groups in total. The Balaban J connectivity index is 2.13. The van der Waals surface area contributed by atoms with Crippen LogP contribution in [0.5, 0.6) is 0 Å². The molecule has 2 aromatic heterocycles. The minimum Gasteiger partial charge on any atom is -0.275 e. The fourth-order valence-electron chi connectivity index (χ4n) is 1.19. The molecule has 0 aliphatic rings. The zero-order valence-corrected chi connectivity index (χ0v) is 11.3. The summed E-state index contributed by atoms with van der Waals surface area (Å²) in [7, 11) is 0. The highest BCUT2D eigenvalue weighted by Gasteiger charge is 2.04. The first-order valence-corrected chi connectivity index (χ1v) is 6.44. The van der Waals surface area contributed by atoms with E-state index in [0.29, 0.717) is 15.7 Å². The van der Waals surface area contributed by atoms with Crippen molar-refractivity contribution in [2.45, 2.75) is 6.92 Å². The molecule has 0 saturated carbocycles. The first-order chi connectivity index (χ1) is 8.18. The zero-order chi connectivity index (χ0) is 12.3. The fourth-order valence-corrected chi connectivity index (χ4v) is 2.43. The van der Waals surface area contributed by atoms with Gasteiger partial charge in [-0.2, -0.15) is 5.10 Å². The molecule has 0 atom stereocenters. The average molecular weight is 286 g/mol. The molecule has 0 spiro atoms. The Kier molecular flexibility index (Phi) is 3.99. The second kappa shape index (κ2) is 5.49. The quantitative estimate of drug-likeness (QED) is 0.678. The van der Waals surface area contributed by atoms with E-state index in [4.69, 9.17) is 23.2 Å². The summed E-state index contributed by atoms with van der Waals surface area (Å²) >= 11 is 13.5. The van der Waals surface area contributed by atoms with E-state index in [2.05, 4.69) is 15.5 Å². The van der Waals surface area contributed by atoms with Crippen LogP contribution in [0.1, 0.15) is 10.4 Å². The van der Waals surface area contributed by atoms with Crippen LogP contribution in [0.3, 0.4) is 0 Å². The molecule has 3 nitrogen and oxygen atoms in total. The SMILES string of the molecule is Cc1ccsc1C=NNc1c(Cl)cncc1Cl. The van der Waals surface area contributed by atoms with Gasteiger partial charge in [0, 0.05) is 17.3 Å². The third-order valence-electron chi connectivity index (χ3n) is 2.11. The van der Waals surface area contributed by atoms with Gasteiger partial charge in [-0.25, -0.2) is 0 Å². The van der Waals surface area contributed by atoms with Crippen molar-refractivity contribution in [3.63, 3.8) is 0 Å². The Morgan fingerprint density at radius 2 is 2.06 bits per heavy atom. The molecular formula is C11H9Cl2N3S. The number of hydrazone groups is 1. The lowest BCUT2D eigenvalue weighted by Gasteiger charge is -2.04. The predicted molar refractivity (Wildman–Crippen MR) is 74.5 cm³/mol. The molecule has 2 rings (SSSR count). The van der Waals surface area contributed by atoms with Gasteiger partial charge in [0.05, 0.1) is 21.9 Å². The Morgan fingerprint density at radius 1 is 1.35 bits per heavy atom. The summed E-state index contributed by atoms with van der Waals surface area (Å²) in [4.78, 5) is 4.96. The van der Waals surface area contributed by atoms with Crippen LogP contribution in [0.2, 0.25) is 10.0 Å². The topological polar surface area (TPSA) is 37.3 Å². The van der Waals surface area contributed by atoms with Crippen molar-refractivity contribution in [1.29, 1.82) is 0 Å². The van der Waals surface area contributed by atoms with E-state index in [-0.39, 0.29) is 0 Å². The van der Waals surface area contributed by atoms with Crippen LogP contribution in [-0.2, 0) is 0 Å². The highest BCUT2D eigenvalue weighted by Crippen LogP contribution is 2.28. The lowest BCUT2D eigenvalue weighted by molar-refractivity contribution is 1.28. The number of pyridine rings is 1. The summed E-state index contributed by atoms with van der Waals surface area (Å²) < 4.78 is 0. The van der Waals surface area contributed by atoms with Gasteiger partial charge in [0.2, 0.25) is 0 Å². The predicted octanol–water partition coefficient (Wildman–Crippen LogP) is 4.20. The summed E-state index contributed by atoms with van der Waals surface area (Å²) in [5.74, 6) is 0. The number of rotatable bonds is 3. The number of anilines is 1. The van der Waals surface area contributed by atoms with Crippen molar-refractivity contribution >= 4 is 46.4 Å². The maximum Gasteiger partial charge on any atom is 0.0965 e. The minimum atomic E-state index is 0.442. The lowest BCUT2D eigenvalue weighted by atomic mass is 10.3. The number of thiophene rings is 1. The summed E-state index contributed by atoms with van der Waals surface area (Å²) in [5.41, 5.74) is 4.57. The number of halogens is 2. The Labute approximate surface area is 113 Å². The second-order valence-electron chi connectivity index (χ2n) is 3.32. The number of hydrogen-bond donors (Lipinski definition) is 1. The van der Waals surface area contributed by atoms with Gasteiger partial charge in [-0.1, -0.05) is 23.2 Å². The van der Waals surface area contributed by atoms with Crippen molar-refractivity contribution in [2.24, 2.45) is 5.10 Å². The first kappa shape index (κ1) is 12.4. The van der Waals surface area contributed by atoms with Crippen molar-refractivity contribution in [3.8, 4) is 0 Å². The molecule has 17 heavy (non-hydrogen) atoms. The van der Waals surface area contributed by atoms with Crippen LogP contribution in [-0.4, -0.2) is 11.2 Å². The number of nitrogens with one attached hydrogen (secondary N) is 1. The van der Waals surface area contributed by atoms with E-state index in [0.717, 1.165) is 4.88 Å². The summed E-state index contributed by atoms with van der Waals surface area (Å²) in [6.45, 7) is 2.03. The van der Waals surface area contributed by atoms with Gasteiger partial charge in [0.15, 0.2) is 0 Å². The molecule has 6 heteroatoms. The minimum absolute atomic E-state index is 0.442. The van der Waals surface area contributed by atoms with Gasteiger partial charge < -0.3 is 0 Å². The highest BCUT2D eigenvalue weighted by atomic mass is 35.5. The fraction of sp³-hybridized carbons (Fsp3) is 0.0909. The van der Waals surface area contributed by atoms with Crippen LogP contribution in [0.4, 0.5) is 5.69 Å². The Bertz CT molecular complexity index is 531. The van der Waals surface area contributed by atoms with E-state index < -0.39 is 0 Å². The molecule has 0 unspecified atom stereocenters. The van der Waals surface area contributed by atoms with Crippen LogP contribution in [0, 0.1) is 6.92 Å². The zero-order valence-electron chi connectivity index (χ0n) is 8.95. The molecule has 0 amide bonds. The van der Waals surface area contributed by atoms with E-state index in [1.165, 1.54) is 18.0 Å². The number of aromatic nitrogens is 1. The number of nitrogens with zero attached hydrogens (tertiary/aromatic N) is 2. The summed E-state index contributed by atoms with van der Waals surface area (Å²) in [6.07, 6.45) is 4.77. The standard InChI is InChI=1S/C11H9Cl2N3S/c1-7-2-3-17-10(7)6-15-16-11-8(12)4-14-5-9(11)13/h2-6H,1H3,(H,14,16). The first-order valence-electron chi connectivity index (χ1n) is 4.80. The van der Waals surface area contributed by atoms with Gasteiger partial charge in [0.1, 0.15) is 0 Å². The average Bonchev–Trinajstić information content (AvgIpc) is 2.69. The molecule has 0 aliphatic carbocycles. The van der Waals surface area contributed by atoms with E-state index >= 15 is 0 Å². The Hall–Kier alpha value is -1.10. The van der Waals surface area contributed by atoms with Crippen LogP contribution in [0.15, 0.2) is 28.9 Å². The summed E-state index contributed by atoms with van der Waals surface area (Å²) in [5, 5.41) is 7.01. The molecular weight excluding hydrogens is 277 g/mol. The van der Waals surface area contributed by atoms with E-state index in [9.17, 15) is 0 Å². The Morgan fingerprint density at radius 3 is 2.65 bits per heavy atom. The van der Waals surface area contributed by atoms with Crippen molar-refractivity contribution < 1.29 is 0 Å². The maximum atomic E-state index is 5.94. The molecule has 0 radical (unpaired) electrons. The molecule has 0 saturated heterocycles. The molecule has 0 fully saturated rings. The van der Waals surface area contributed by atoms with Gasteiger partial charge in [-0.05, 0) is 23.9 Å².